The van der Waals surface area contributed by atoms with Crippen LogP contribution in [-0.4, -0.2) is 36.7 Å². The van der Waals surface area contributed by atoms with Gasteiger partial charge in [-0.1, -0.05) is 15.9 Å². The second-order valence-corrected chi connectivity index (χ2v) is 8.65. The average molecular weight is 504 g/mol. The van der Waals surface area contributed by atoms with Gasteiger partial charge in [0, 0.05) is 27.5 Å². The molecule has 162 valence electrons. The van der Waals surface area contributed by atoms with Crippen molar-refractivity contribution in [3.8, 4) is 11.8 Å². The molecule has 3 rings (SSSR count). The number of carbonyl (C=O) groups excluding carboxylic acids is 2. The third-order valence-corrected chi connectivity index (χ3v) is 6.24. The maximum Gasteiger partial charge on any atom is 0.410 e. The number of hydrogen-bond acceptors (Lipinski definition) is 6. The molecule has 0 radical (unpaired) electrons. The third-order valence-electron chi connectivity index (χ3n) is 4.62. The Hall–Kier alpha value is -2.83. The number of nitrogens with zero attached hydrogens (tertiary/aromatic N) is 2. The van der Waals surface area contributed by atoms with Crippen LogP contribution in [-0.2, 0) is 22.5 Å². The van der Waals surface area contributed by atoms with Crippen LogP contribution in [0, 0.1) is 11.3 Å². The Kier molecular flexibility index (Phi) is 7.71. The molecule has 1 aliphatic rings. The minimum absolute atomic E-state index is 0.312. The van der Waals surface area contributed by atoms with E-state index in [1.807, 2.05) is 25.1 Å². The molecular formula is C22H22BrN3O4S. The smallest absolute Gasteiger partial charge is 0.410 e. The van der Waals surface area contributed by atoms with E-state index in [2.05, 4.69) is 27.3 Å². The summed E-state index contributed by atoms with van der Waals surface area (Å²) >= 11 is 4.74. The second-order valence-electron chi connectivity index (χ2n) is 6.63. The van der Waals surface area contributed by atoms with Crippen molar-refractivity contribution in [3.63, 3.8) is 0 Å². The van der Waals surface area contributed by atoms with Crippen LogP contribution in [0.1, 0.15) is 35.4 Å². The highest BCUT2D eigenvalue weighted by atomic mass is 79.9. The van der Waals surface area contributed by atoms with E-state index in [9.17, 15) is 14.9 Å². The first-order valence-electron chi connectivity index (χ1n) is 9.84. The van der Waals surface area contributed by atoms with Crippen LogP contribution in [0.4, 0.5) is 9.80 Å². The minimum Gasteiger partial charge on any atom is -0.493 e. The number of rotatable bonds is 6. The summed E-state index contributed by atoms with van der Waals surface area (Å²) in [4.78, 5) is 27.1. The normalized spacial score (nSPS) is 12.9. The largest absolute Gasteiger partial charge is 0.493 e. The number of nitriles is 1. The van der Waals surface area contributed by atoms with Gasteiger partial charge in [-0.05, 0) is 50.1 Å². The number of nitrogens with one attached hydrogen (secondary N) is 1. The topological polar surface area (TPSA) is 91.7 Å². The summed E-state index contributed by atoms with van der Waals surface area (Å²) in [5.41, 5.74) is 2.11. The molecule has 1 aromatic heterocycles. The van der Waals surface area contributed by atoms with Gasteiger partial charge in [-0.2, -0.15) is 5.26 Å². The van der Waals surface area contributed by atoms with Crippen LogP contribution in [0.25, 0.3) is 6.08 Å². The summed E-state index contributed by atoms with van der Waals surface area (Å²) in [5.74, 6) is 0.331. The van der Waals surface area contributed by atoms with Crippen molar-refractivity contribution < 1.29 is 19.1 Å². The summed E-state index contributed by atoms with van der Waals surface area (Å²) in [6, 6.07) is 7.77. The van der Waals surface area contributed by atoms with E-state index in [4.69, 9.17) is 9.47 Å². The van der Waals surface area contributed by atoms with E-state index < -0.39 is 0 Å². The molecule has 0 atom stereocenters. The minimum atomic E-state index is -0.368. The number of hydrogen-bond donors (Lipinski definition) is 1. The van der Waals surface area contributed by atoms with Gasteiger partial charge < -0.3 is 19.7 Å². The Morgan fingerprint density at radius 3 is 2.87 bits per heavy atom. The molecule has 7 nitrogen and oxygen atoms in total. The van der Waals surface area contributed by atoms with Gasteiger partial charge >= 0.3 is 6.09 Å². The Balaban J connectivity index is 1.76. The van der Waals surface area contributed by atoms with E-state index in [1.165, 1.54) is 17.4 Å². The average Bonchev–Trinajstić information content (AvgIpc) is 3.10. The molecule has 31 heavy (non-hydrogen) atoms. The molecule has 0 saturated heterocycles. The predicted octanol–water partition coefficient (Wildman–Crippen LogP) is 4.95. The van der Waals surface area contributed by atoms with Crippen molar-refractivity contribution in [3.05, 3.63) is 50.3 Å². The van der Waals surface area contributed by atoms with E-state index in [-0.39, 0.29) is 12.0 Å². The number of carbonyl (C=O) groups is 2. The summed E-state index contributed by atoms with van der Waals surface area (Å²) in [6.45, 7) is 5.34. The Morgan fingerprint density at radius 2 is 2.16 bits per heavy atom. The van der Waals surface area contributed by atoms with Crippen molar-refractivity contribution >= 4 is 50.3 Å². The maximum absolute atomic E-state index is 12.5. The quantitative estimate of drug-likeness (QED) is 0.563. The lowest BCUT2D eigenvalue weighted by molar-refractivity contribution is -0.111. The summed E-state index contributed by atoms with van der Waals surface area (Å²) in [5, 5.41) is 12.9. The lowest BCUT2D eigenvalue weighted by Crippen LogP contribution is -2.35. The van der Waals surface area contributed by atoms with Crippen molar-refractivity contribution in [1.29, 1.82) is 5.26 Å². The summed E-state index contributed by atoms with van der Waals surface area (Å²) in [6.07, 6.45) is 3.27. The first kappa shape index (κ1) is 22.8. The van der Waals surface area contributed by atoms with E-state index in [0.29, 0.717) is 49.0 Å². The summed E-state index contributed by atoms with van der Waals surface area (Å²) < 4.78 is 11.5. The van der Waals surface area contributed by atoms with Gasteiger partial charge in [0.05, 0.1) is 25.3 Å². The number of fused-ring (bicyclic) bond motifs is 1. The molecule has 2 aromatic rings. The molecule has 0 spiro atoms. The Bertz CT molecular complexity index is 1060. The van der Waals surface area contributed by atoms with Gasteiger partial charge in [-0.3, -0.25) is 4.79 Å². The third kappa shape index (κ3) is 5.46. The zero-order valence-electron chi connectivity index (χ0n) is 17.2. The zero-order valence-corrected chi connectivity index (χ0v) is 19.6. The second kappa shape index (κ2) is 10.5. The molecule has 2 amide bonds. The monoisotopic (exact) mass is 503 g/mol. The van der Waals surface area contributed by atoms with Crippen molar-refractivity contribution in [2.24, 2.45) is 0 Å². The highest BCUT2D eigenvalue weighted by molar-refractivity contribution is 9.10. The molecule has 0 saturated carbocycles. The van der Waals surface area contributed by atoms with E-state index in [1.54, 1.807) is 17.9 Å². The molecule has 1 N–H and O–H groups in total. The fraction of sp³-hybridized carbons (Fsp3) is 0.318. The lowest BCUT2D eigenvalue weighted by atomic mass is 10.0. The van der Waals surface area contributed by atoms with Crippen molar-refractivity contribution in [2.75, 3.05) is 25.1 Å². The number of thiophene rings is 1. The van der Waals surface area contributed by atoms with Gasteiger partial charge in [0.2, 0.25) is 5.91 Å². The fourth-order valence-corrected chi connectivity index (χ4v) is 4.83. The molecule has 0 bridgehead atoms. The zero-order chi connectivity index (χ0) is 22.4. The van der Waals surface area contributed by atoms with Gasteiger partial charge in [0.1, 0.15) is 16.8 Å². The molecule has 2 heterocycles. The number of halogens is 1. The number of ether oxygens (including phenoxy) is 2. The van der Waals surface area contributed by atoms with Crippen LogP contribution < -0.4 is 10.1 Å². The molecular weight excluding hydrogens is 482 g/mol. The van der Waals surface area contributed by atoms with E-state index >= 15 is 0 Å². The SMILES string of the molecule is CCOC(=O)N1CCc2c(sc(NC(=O)/C=C/c3cc(Br)ccc3OCC)c2C#N)C1. The summed E-state index contributed by atoms with van der Waals surface area (Å²) in [7, 11) is 0. The lowest BCUT2D eigenvalue weighted by Gasteiger charge is -2.25. The molecule has 1 aromatic carbocycles. The molecule has 0 fully saturated rings. The number of anilines is 1. The highest BCUT2D eigenvalue weighted by Crippen LogP contribution is 2.37. The van der Waals surface area contributed by atoms with Gasteiger partial charge in [-0.15, -0.1) is 11.3 Å². The van der Waals surface area contributed by atoms with Crippen molar-refractivity contribution in [1.82, 2.24) is 4.90 Å². The predicted molar refractivity (Wildman–Crippen MR) is 123 cm³/mol. The Morgan fingerprint density at radius 1 is 1.35 bits per heavy atom. The molecule has 9 heteroatoms. The van der Waals surface area contributed by atoms with Gasteiger partial charge in [0.25, 0.3) is 0 Å². The fourth-order valence-electron chi connectivity index (χ4n) is 3.24. The molecule has 1 aliphatic heterocycles. The maximum atomic E-state index is 12.5. The van der Waals surface area contributed by atoms with Crippen LogP contribution in [0.3, 0.4) is 0 Å². The van der Waals surface area contributed by atoms with Crippen LogP contribution in [0.5, 0.6) is 5.75 Å². The number of amides is 2. The standard InChI is InChI=1S/C22H22BrN3O4S/c1-3-29-18-7-6-15(23)11-14(18)5-8-20(27)25-21-17(12-24)16-9-10-26(13-19(16)31-21)22(28)30-4-2/h5-8,11H,3-4,9-10,13H2,1-2H3,(H,25,27)/b8-5+. The van der Waals surface area contributed by atoms with Gasteiger partial charge in [0.15, 0.2) is 0 Å². The Labute approximate surface area is 193 Å². The van der Waals surface area contributed by atoms with Gasteiger partial charge in [-0.25, -0.2) is 4.79 Å². The first-order chi connectivity index (χ1) is 15.0. The van der Waals surface area contributed by atoms with Crippen molar-refractivity contribution in [2.45, 2.75) is 26.8 Å². The molecule has 0 unspecified atom stereocenters. The highest BCUT2D eigenvalue weighted by Gasteiger charge is 2.27. The first-order valence-corrected chi connectivity index (χ1v) is 11.5. The van der Waals surface area contributed by atoms with Crippen LogP contribution >= 0.6 is 27.3 Å². The molecule has 0 aliphatic carbocycles. The number of benzene rings is 1. The van der Waals surface area contributed by atoms with E-state index in [0.717, 1.165) is 20.5 Å². The van der Waals surface area contributed by atoms with Crippen LogP contribution in [0.2, 0.25) is 0 Å². The van der Waals surface area contributed by atoms with Crippen LogP contribution in [0.15, 0.2) is 28.7 Å².